The zero-order chi connectivity index (χ0) is 20.9. The average Bonchev–Trinajstić information content (AvgIpc) is 3.33. The van der Waals surface area contributed by atoms with E-state index in [0.717, 1.165) is 11.4 Å². The number of aromatic nitrogens is 3. The number of carbonyl (C=O) groups is 1. The second-order valence-electron chi connectivity index (χ2n) is 6.53. The molecule has 148 valence electrons. The van der Waals surface area contributed by atoms with E-state index in [0.29, 0.717) is 17.8 Å². The zero-order valence-electron chi connectivity index (χ0n) is 15.8. The third kappa shape index (κ3) is 4.07. The smallest absolute Gasteiger partial charge is 0.293 e. The third-order valence-electron chi connectivity index (χ3n) is 4.55. The number of ketones is 1. The van der Waals surface area contributed by atoms with E-state index < -0.39 is 4.92 Å². The predicted octanol–water partition coefficient (Wildman–Crippen LogP) is 4.02. The quantitative estimate of drug-likeness (QED) is 0.286. The van der Waals surface area contributed by atoms with Crippen LogP contribution in [-0.2, 0) is 6.54 Å². The molecule has 4 aromatic rings. The second kappa shape index (κ2) is 8.36. The molecule has 2 heterocycles. The highest BCUT2D eigenvalue weighted by molar-refractivity contribution is 6.09. The number of imidazole rings is 1. The van der Waals surface area contributed by atoms with Crippen LogP contribution in [0.2, 0.25) is 0 Å². The molecule has 0 fully saturated rings. The van der Waals surface area contributed by atoms with Crippen LogP contribution in [0.15, 0.2) is 85.6 Å². The summed E-state index contributed by atoms with van der Waals surface area (Å²) in [6, 6.07) is 16.9. The number of rotatable bonds is 7. The lowest BCUT2D eigenvalue weighted by molar-refractivity contribution is -0.384. The van der Waals surface area contributed by atoms with E-state index in [-0.39, 0.29) is 17.0 Å². The fraction of sp³-hybridized carbons (Fsp3) is 0.0455. The van der Waals surface area contributed by atoms with Crippen molar-refractivity contribution in [3.63, 3.8) is 0 Å². The first-order valence-electron chi connectivity index (χ1n) is 9.17. The lowest BCUT2D eigenvalue weighted by atomic mass is 10.0. The predicted molar refractivity (Wildman–Crippen MR) is 112 cm³/mol. The first-order valence-corrected chi connectivity index (χ1v) is 9.17. The Morgan fingerprint density at radius 3 is 2.57 bits per heavy atom. The van der Waals surface area contributed by atoms with Crippen LogP contribution in [0, 0.1) is 10.1 Å². The summed E-state index contributed by atoms with van der Waals surface area (Å²) in [6.07, 6.45) is 6.81. The van der Waals surface area contributed by atoms with E-state index in [9.17, 15) is 14.9 Å². The van der Waals surface area contributed by atoms with Gasteiger partial charge in [-0.15, -0.1) is 0 Å². The van der Waals surface area contributed by atoms with Gasteiger partial charge in [0.1, 0.15) is 17.8 Å². The summed E-state index contributed by atoms with van der Waals surface area (Å²) >= 11 is 0. The van der Waals surface area contributed by atoms with Gasteiger partial charge in [0.25, 0.3) is 5.69 Å². The first kappa shape index (κ1) is 19.0. The molecule has 0 radical (unpaired) electrons. The van der Waals surface area contributed by atoms with Crippen molar-refractivity contribution in [2.24, 2.45) is 0 Å². The molecular weight excluding hydrogens is 382 g/mol. The molecule has 2 aromatic heterocycles. The average molecular weight is 399 g/mol. The Morgan fingerprint density at radius 2 is 1.90 bits per heavy atom. The van der Waals surface area contributed by atoms with Gasteiger partial charge in [-0.2, -0.15) is 0 Å². The lowest BCUT2D eigenvalue weighted by Gasteiger charge is -2.09. The van der Waals surface area contributed by atoms with Crippen molar-refractivity contribution in [3.8, 4) is 5.82 Å². The number of pyridine rings is 1. The number of hydrogen-bond acceptors (Lipinski definition) is 6. The van der Waals surface area contributed by atoms with Crippen molar-refractivity contribution in [3.05, 3.63) is 112 Å². The van der Waals surface area contributed by atoms with E-state index in [1.807, 2.05) is 18.2 Å². The van der Waals surface area contributed by atoms with Crippen LogP contribution in [-0.4, -0.2) is 25.2 Å². The summed E-state index contributed by atoms with van der Waals surface area (Å²) in [4.78, 5) is 32.0. The van der Waals surface area contributed by atoms with Gasteiger partial charge in [-0.25, -0.2) is 9.97 Å². The number of anilines is 1. The van der Waals surface area contributed by atoms with Gasteiger partial charge in [-0.1, -0.05) is 36.4 Å². The number of carbonyl (C=O) groups excluding carboxylic acids is 1. The molecule has 0 spiro atoms. The molecule has 2 aromatic carbocycles. The van der Waals surface area contributed by atoms with Gasteiger partial charge in [0.05, 0.1) is 4.92 Å². The number of nitro benzene ring substituents is 1. The van der Waals surface area contributed by atoms with Gasteiger partial charge >= 0.3 is 0 Å². The molecule has 0 atom stereocenters. The fourth-order valence-electron chi connectivity index (χ4n) is 3.00. The number of benzene rings is 2. The van der Waals surface area contributed by atoms with Gasteiger partial charge in [0.15, 0.2) is 5.78 Å². The minimum absolute atomic E-state index is 0.153. The summed E-state index contributed by atoms with van der Waals surface area (Å²) in [5.74, 6) is 0.468. The normalized spacial score (nSPS) is 10.5. The zero-order valence-corrected chi connectivity index (χ0v) is 15.8. The second-order valence-corrected chi connectivity index (χ2v) is 6.53. The van der Waals surface area contributed by atoms with Crippen LogP contribution >= 0.6 is 0 Å². The van der Waals surface area contributed by atoms with Crippen molar-refractivity contribution < 1.29 is 9.72 Å². The molecule has 0 saturated carbocycles. The van der Waals surface area contributed by atoms with Gasteiger partial charge in [0, 0.05) is 42.3 Å². The van der Waals surface area contributed by atoms with E-state index in [1.165, 1.54) is 6.07 Å². The van der Waals surface area contributed by atoms with E-state index in [4.69, 9.17) is 0 Å². The van der Waals surface area contributed by atoms with Crippen LogP contribution in [0.3, 0.4) is 0 Å². The maximum atomic E-state index is 12.6. The van der Waals surface area contributed by atoms with Crippen LogP contribution < -0.4 is 5.32 Å². The van der Waals surface area contributed by atoms with Crippen molar-refractivity contribution in [1.29, 1.82) is 0 Å². The summed E-state index contributed by atoms with van der Waals surface area (Å²) in [7, 11) is 0. The Morgan fingerprint density at radius 1 is 1.07 bits per heavy atom. The Hall–Kier alpha value is -4.33. The molecular formula is C22H17N5O3. The molecule has 8 nitrogen and oxygen atoms in total. The van der Waals surface area contributed by atoms with E-state index in [1.54, 1.807) is 65.9 Å². The van der Waals surface area contributed by atoms with Crippen LogP contribution in [0.1, 0.15) is 21.5 Å². The Bertz CT molecular complexity index is 1170. The van der Waals surface area contributed by atoms with Crippen molar-refractivity contribution in [1.82, 2.24) is 14.5 Å². The van der Waals surface area contributed by atoms with Crippen molar-refractivity contribution in [2.75, 3.05) is 5.32 Å². The van der Waals surface area contributed by atoms with Crippen molar-refractivity contribution in [2.45, 2.75) is 6.54 Å². The summed E-state index contributed by atoms with van der Waals surface area (Å²) < 4.78 is 1.78. The number of nitrogens with one attached hydrogen (secondary N) is 1. The molecule has 8 heteroatoms. The monoisotopic (exact) mass is 399 g/mol. The van der Waals surface area contributed by atoms with Crippen LogP contribution in [0.25, 0.3) is 5.82 Å². The topological polar surface area (TPSA) is 103 Å². The highest BCUT2D eigenvalue weighted by atomic mass is 16.6. The molecule has 0 amide bonds. The third-order valence-corrected chi connectivity index (χ3v) is 4.55. The summed E-state index contributed by atoms with van der Waals surface area (Å²) in [6.45, 7) is 0.351. The Kier molecular flexibility index (Phi) is 5.29. The van der Waals surface area contributed by atoms with Gasteiger partial charge < -0.3 is 5.32 Å². The molecule has 30 heavy (non-hydrogen) atoms. The largest absolute Gasteiger partial charge is 0.375 e. The lowest BCUT2D eigenvalue weighted by Crippen LogP contribution is -2.06. The molecule has 1 N–H and O–H groups in total. The van der Waals surface area contributed by atoms with Crippen LogP contribution in [0.4, 0.5) is 11.4 Å². The SMILES string of the molecule is O=C(c1ccccc1)c1ccc(NCc2ccc(-n3ccnc3)nc2)c([N+](=O)[O-])c1. The summed E-state index contributed by atoms with van der Waals surface area (Å²) in [5.41, 5.74) is 1.79. The van der Waals surface area contributed by atoms with Crippen molar-refractivity contribution >= 4 is 17.2 Å². The molecule has 0 aliphatic carbocycles. The maximum absolute atomic E-state index is 12.6. The summed E-state index contributed by atoms with van der Waals surface area (Å²) in [5, 5.41) is 14.6. The fourth-order valence-corrected chi connectivity index (χ4v) is 3.00. The standard InChI is InChI=1S/C22H17N5O3/c28-22(17-4-2-1-3-5-17)18-7-8-19(20(12-18)27(29)30)24-13-16-6-9-21(25-14-16)26-11-10-23-15-26/h1-12,14-15,24H,13H2. The number of nitro groups is 1. The molecule has 0 bridgehead atoms. The van der Waals surface area contributed by atoms with E-state index in [2.05, 4.69) is 15.3 Å². The molecule has 0 aliphatic heterocycles. The van der Waals surface area contributed by atoms with Gasteiger partial charge in [0.2, 0.25) is 0 Å². The molecule has 0 saturated heterocycles. The minimum atomic E-state index is -0.496. The van der Waals surface area contributed by atoms with Crippen LogP contribution in [0.5, 0.6) is 0 Å². The highest BCUT2D eigenvalue weighted by Gasteiger charge is 2.18. The highest BCUT2D eigenvalue weighted by Crippen LogP contribution is 2.27. The first-order chi connectivity index (χ1) is 14.6. The van der Waals surface area contributed by atoms with Gasteiger partial charge in [-0.05, 0) is 23.8 Å². The van der Waals surface area contributed by atoms with Gasteiger partial charge in [-0.3, -0.25) is 19.5 Å². The Balaban J connectivity index is 1.51. The molecule has 0 unspecified atom stereocenters. The number of nitrogens with zero attached hydrogens (tertiary/aromatic N) is 4. The molecule has 4 rings (SSSR count). The Labute approximate surface area is 172 Å². The maximum Gasteiger partial charge on any atom is 0.293 e. The minimum Gasteiger partial charge on any atom is -0.375 e. The number of hydrogen-bond donors (Lipinski definition) is 1. The van der Waals surface area contributed by atoms with E-state index >= 15 is 0 Å². The molecule has 0 aliphatic rings.